The molecule has 1 aromatic rings. The molecule has 0 saturated carbocycles. The summed E-state index contributed by atoms with van der Waals surface area (Å²) in [6, 6.07) is 2.87. The van der Waals surface area contributed by atoms with Crippen LogP contribution in [0.25, 0.3) is 0 Å². The fourth-order valence-corrected chi connectivity index (χ4v) is 2.23. The number of nitro groups is 1. The van der Waals surface area contributed by atoms with Crippen molar-refractivity contribution in [3.63, 3.8) is 0 Å². The van der Waals surface area contributed by atoms with Crippen molar-refractivity contribution in [3.8, 4) is 0 Å². The van der Waals surface area contributed by atoms with E-state index in [4.69, 9.17) is 11.6 Å². The average molecular weight is 356 g/mol. The molecule has 0 saturated heterocycles. The predicted octanol–water partition coefficient (Wildman–Crippen LogP) is 2.77. The Labute approximate surface area is 145 Å². The zero-order valence-corrected chi connectivity index (χ0v) is 14.9. The van der Waals surface area contributed by atoms with Gasteiger partial charge in [0.25, 0.3) is 11.6 Å². The van der Waals surface area contributed by atoms with E-state index in [1.807, 2.05) is 27.7 Å². The molecule has 0 unspecified atom stereocenters. The maximum Gasteiger partial charge on any atom is 0.270 e. The van der Waals surface area contributed by atoms with Crippen LogP contribution in [0.2, 0.25) is 5.02 Å². The van der Waals surface area contributed by atoms with Gasteiger partial charge in [-0.25, -0.2) is 0 Å². The maximum atomic E-state index is 12.4. The Balaban J connectivity index is 2.89. The number of hydrogen-bond donors (Lipinski definition) is 2. The van der Waals surface area contributed by atoms with E-state index in [0.717, 1.165) is 6.07 Å². The van der Waals surface area contributed by atoms with Crippen LogP contribution in [0.1, 0.15) is 38.1 Å². The third-order valence-corrected chi connectivity index (χ3v) is 3.64. The number of hydrogen-bond acceptors (Lipinski definition) is 4. The molecule has 0 aliphatic rings. The van der Waals surface area contributed by atoms with Crippen molar-refractivity contribution >= 4 is 29.1 Å². The smallest absolute Gasteiger partial charge is 0.270 e. The molecule has 7 nitrogen and oxygen atoms in total. The Bertz CT molecular complexity index is 632. The van der Waals surface area contributed by atoms with Gasteiger partial charge in [-0.2, -0.15) is 0 Å². The van der Waals surface area contributed by atoms with Gasteiger partial charge in [0.05, 0.1) is 15.5 Å². The van der Waals surface area contributed by atoms with Crippen LogP contribution in [0.5, 0.6) is 0 Å². The molecule has 0 bridgehead atoms. The summed E-state index contributed by atoms with van der Waals surface area (Å²) in [7, 11) is 0. The number of halogens is 1. The minimum Gasteiger partial charge on any atom is -0.354 e. The van der Waals surface area contributed by atoms with Gasteiger partial charge in [-0.3, -0.25) is 19.7 Å². The average Bonchev–Trinajstić information content (AvgIpc) is 2.49. The molecule has 132 valence electrons. The van der Waals surface area contributed by atoms with E-state index in [1.165, 1.54) is 12.1 Å². The molecule has 0 radical (unpaired) electrons. The van der Waals surface area contributed by atoms with Crippen LogP contribution in [0.4, 0.5) is 5.69 Å². The number of rotatable bonds is 7. The molecular formula is C16H22ClN3O4. The van der Waals surface area contributed by atoms with Gasteiger partial charge in [0, 0.05) is 18.7 Å². The molecule has 1 atom stereocenters. The number of benzene rings is 1. The van der Waals surface area contributed by atoms with Crippen molar-refractivity contribution in [2.75, 3.05) is 6.54 Å². The molecule has 8 heteroatoms. The van der Waals surface area contributed by atoms with Crippen molar-refractivity contribution in [2.24, 2.45) is 11.8 Å². The fraction of sp³-hybridized carbons (Fsp3) is 0.500. The number of nitrogens with zero attached hydrogens (tertiary/aromatic N) is 1. The second-order valence-electron chi connectivity index (χ2n) is 6.26. The number of carbonyl (C=O) groups excluding carboxylic acids is 2. The lowest BCUT2D eigenvalue weighted by Gasteiger charge is -2.22. The predicted molar refractivity (Wildman–Crippen MR) is 92.0 cm³/mol. The first-order valence-corrected chi connectivity index (χ1v) is 8.03. The first-order chi connectivity index (χ1) is 11.1. The molecule has 1 aromatic carbocycles. The lowest BCUT2D eigenvalue weighted by Crippen LogP contribution is -2.50. The quantitative estimate of drug-likeness (QED) is 0.580. The number of nitrogens with one attached hydrogen (secondary N) is 2. The SMILES string of the molecule is CC(C)CNC(=O)[C@@H](NC(=O)c1ccc([N+](=O)[O-])cc1Cl)C(C)C. The van der Waals surface area contributed by atoms with Crippen LogP contribution in [0.15, 0.2) is 18.2 Å². The molecule has 0 spiro atoms. The summed E-state index contributed by atoms with van der Waals surface area (Å²) in [4.78, 5) is 34.7. The molecule has 0 aliphatic heterocycles. The molecule has 0 heterocycles. The topological polar surface area (TPSA) is 101 Å². The van der Waals surface area contributed by atoms with Crippen LogP contribution >= 0.6 is 11.6 Å². The normalized spacial score (nSPS) is 12.1. The largest absolute Gasteiger partial charge is 0.354 e. The van der Waals surface area contributed by atoms with Gasteiger partial charge in [0.15, 0.2) is 0 Å². The minimum absolute atomic E-state index is 0.0354. The van der Waals surface area contributed by atoms with Gasteiger partial charge >= 0.3 is 0 Å². The van der Waals surface area contributed by atoms with E-state index < -0.39 is 16.9 Å². The van der Waals surface area contributed by atoms with E-state index in [1.54, 1.807) is 0 Å². The Hall–Kier alpha value is -2.15. The Kier molecular flexibility index (Phi) is 7.16. The molecule has 2 amide bonds. The standard InChI is InChI=1S/C16H22ClN3O4/c1-9(2)8-18-16(22)14(10(3)4)19-15(21)12-6-5-11(20(23)24)7-13(12)17/h5-7,9-10,14H,8H2,1-4H3,(H,18,22)(H,19,21)/t14-/m0/s1. The third-order valence-electron chi connectivity index (χ3n) is 3.33. The third kappa shape index (κ3) is 5.49. The lowest BCUT2D eigenvalue weighted by atomic mass is 10.0. The first-order valence-electron chi connectivity index (χ1n) is 7.66. The second-order valence-corrected chi connectivity index (χ2v) is 6.66. The van der Waals surface area contributed by atoms with Gasteiger partial charge in [0.2, 0.25) is 5.91 Å². The number of nitro benzene ring substituents is 1. The van der Waals surface area contributed by atoms with Gasteiger partial charge in [-0.1, -0.05) is 39.3 Å². The van der Waals surface area contributed by atoms with Crippen molar-refractivity contribution < 1.29 is 14.5 Å². The summed E-state index contributed by atoms with van der Waals surface area (Å²) in [6.45, 7) is 8.09. The molecule has 24 heavy (non-hydrogen) atoms. The van der Waals surface area contributed by atoms with Gasteiger partial charge in [-0.15, -0.1) is 0 Å². The highest BCUT2D eigenvalue weighted by Gasteiger charge is 2.25. The van der Waals surface area contributed by atoms with Crippen LogP contribution in [-0.4, -0.2) is 29.3 Å². The van der Waals surface area contributed by atoms with Crippen molar-refractivity contribution in [2.45, 2.75) is 33.7 Å². The Morgan fingerprint density at radius 3 is 2.33 bits per heavy atom. The Morgan fingerprint density at radius 1 is 1.25 bits per heavy atom. The highest BCUT2D eigenvalue weighted by atomic mass is 35.5. The van der Waals surface area contributed by atoms with Crippen LogP contribution in [-0.2, 0) is 4.79 Å². The summed E-state index contributed by atoms with van der Waals surface area (Å²) in [6.07, 6.45) is 0. The lowest BCUT2D eigenvalue weighted by molar-refractivity contribution is -0.384. The zero-order chi connectivity index (χ0) is 18.4. The number of carbonyl (C=O) groups is 2. The first kappa shape index (κ1) is 19.9. The van der Waals surface area contributed by atoms with E-state index in [2.05, 4.69) is 10.6 Å². The zero-order valence-electron chi connectivity index (χ0n) is 14.1. The highest BCUT2D eigenvalue weighted by Crippen LogP contribution is 2.22. The summed E-state index contributed by atoms with van der Waals surface area (Å²) >= 11 is 5.95. The molecular weight excluding hydrogens is 334 g/mol. The number of amides is 2. The highest BCUT2D eigenvalue weighted by molar-refractivity contribution is 6.34. The summed E-state index contributed by atoms with van der Waals surface area (Å²) < 4.78 is 0. The molecule has 0 aliphatic carbocycles. The second kappa shape index (κ2) is 8.63. The van der Waals surface area contributed by atoms with Crippen molar-refractivity contribution in [1.82, 2.24) is 10.6 Å². The van der Waals surface area contributed by atoms with Crippen molar-refractivity contribution in [1.29, 1.82) is 0 Å². The van der Waals surface area contributed by atoms with E-state index >= 15 is 0 Å². The number of non-ortho nitro benzene ring substituents is 1. The summed E-state index contributed by atoms with van der Waals surface area (Å²) in [5.74, 6) is -0.655. The summed E-state index contributed by atoms with van der Waals surface area (Å²) in [5, 5.41) is 16.1. The van der Waals surface area contributed by atoms with E-state index in [9.17, 15) is 19.7 Å². The maximum absolute atomic E-state index is 12.4. The molecule has 1 rings (SSSR count). The van der Waals surface area contributed by atoms with Crippen molar-refractivity contribution in [3.05, 3.63) is 38.9 Å². The van der Waals surface area contributed by atoms with E-state index in [-0.39, 0.29) is 28.1 Å². The molecule has 0 fully saturated rings. The van der Waals surface area contributed by atoms with Gasteiger partial charge in [-0.05, 0) is 17.9 Å². The minimum atomic E-state index is -0.720. The molecule has 0 aromatic heterocycles. The monoisotopic (exact) mass is 355 g/mol. The summed E-state index contributed by atoms with van der Waals surface area (Å²) in [5.41, 5.74) is -0.115. The Morgan fingerprint density at radius 2 is 1.88 bits per heavy atom. The van der Waals surface area contributed by atoms with Gasteiger partial charge < -0.3 is 10.6 Å². The van der Waals surface area contributed by atoms with Crippen LogP contribution in [0, 0.1) is 22.0 Å². The fourth-order valence-electron chi connectivity index (χ4n) is 1.97. The van der Waals surface area contributed by atoms with E-state index in [0.29, 0.717) is 12.5 Å². The molecule has 2 N–H and O–H groups in total. The van der Waals surface area contributed by atoms with Crippen LogP contribution < -0.4 is 10.6 Å². The van der Waals surface area contributed by atoms with Gasteiger partial charge in [0.1, 0.15) is 6.04 Å². The van der Waals surface area contributed by atoms with Crippen LogP contribution in [0.3, 0.4) is 0 Å².